The zero-order valence-electron chi connectivity index (χ0n) is 9.32. The zero-order valence-corrected chi connectivity index (χ0v) is 10.1. The molecule has 2 N–H and O–H groups in total. The molecule has 0 fully saturated rings. The number of carboxylic acid groups (broad SMARTS) is 1. The van der Waals surface area contributed by atoms with Gasteiger partial charge in [0.05, 0.1) is 16.9 Å². The number of carboxylic acids is 1. The fourth-order valence-corrected chi connectivity index (χ4v) is 3.40. The van der Waals surface area contributed by atoms with Crippen LogP contribution in [0.15, 0.2) is 28.0 Å². The van der Waals surface area contributed by atoms with E-state index < -0.39 is 26.8 Å². The van der Waals surface area contributed by atoms with Gasteiger partial charge in [0, 0.05) is 5.56 Å². The van der Waals surface area contributed by atoms with E-state index in [1.165, 1.54) is 19.2 Å². The molecule has 1 aromatic rings. The van der Waals surface area contributed by atoms with Crippen LogP contribution in [0.25, 0.3) is 6.08 Å². The number of carbonyl (C=O) groups is 1. The van der Waals surface area contributed by atoms with Crippen LogP contribution in [-0.2, 0) is 14.6 Å². The monoisotopic (exact) mass is 270 g/mol. The van der Waals surface area contributed by atoms with Gasteiger partial charge in [-0.2, -0.15) is 0 Å². The quantitative estimate of drug-likeness (QED) is 0.817. The molecule has 1 heterocycles. The van der Waals surface area contributed by atoms with E-state index in [-0.39, 0.29) is 10.5 Å². The molecular weight excluding hydrogens is 260 g/mol. The van der Waals surface area contributed by atoms with Crippen LogP contribution < -0.4 is 4.74 Å². The molecule has 0 saturated carbocycles. The lowest BCUT2D eigenvalue weighted by Gasteiger charge is -2.07. The Morgan fingerprint density at radius 1 is 1.39 bits per heavy atom. The van der Waals surface area contributed by atoms with Gasteiger partial charge in [-0.1, -0.05) is 6.07 Å². The molecule has 0 aromatic heterocycles. The standard InChI is InChI=1S/C11H10O6S/c1-17-7-3-2-4-8-6(7)5-9(18(8,15)16)10(12)11(13)14/h2-5,10,12H,1H3,(H,13,14). The Hall–Kier alpha value is -1.86. The normalized spacial score (nSPS) is 17.8. The second kappa shape index (κ2) is 4.11. The molecule has 0 amide bonds. The largest absolute Gasteiger partial charge is 0.496 e. The first-order valence-corrected chi connectivity index (χ1v) is 6.42. The van der Waals surface area contributed by atoms with Crippen LogP contribution in [0.2, 0.25) is 0 Å². The van der Waals surface area contributed by atoms with Gasteiger partial charge in [-0.3, -0.25) is 0 Å². The Labute approximate surface area is 103 Å². The summed E-state index contributed by atoms with van der Waals surface area (Å²) in [5.41, 5.74) is 0.260. The molecule has 2 rings (SSSR count). The van der Waals surface area contributed by atoms with E-state index in [4.69, 9.17) is 9.84 Å². The highest BCUT2D eigenvalue weighted by molar-refractivity contribution is 7.96. The maximum absolute atomic E-state index is 12.1. The van der Waals surface area contributed by atoms with Crippen LogP contribution in [0.3, 0.4) is 0 Å². The number of aliphatic hydroxyl groups excluding tert-OH is 1. The van der Waals surface area contributed by atoms with E-state index in [0.29, 0.717) is 5.75 Å². The number of aliphatic hydroxyl groups is 1. The molecule has 0 spiro atoms. The van der Waals surface area contributed by atoms with Crippen molar-refractivity contribution in [3.8, 4) is 5.75 Å². The number of benzene rings is 1. The van der Waals surface area contributed by atoms with E-state index in [9.17, 15) is 18.3 Å². The number of aliphatic carboxylic acids is 1. The van der Waals surface area contributed by atoms with Gasteiger partial charge in [-0.25, -0.2) is 13.2 Å². The summed E-state index contributed by atoms with van der Waals surface area (Å²) in [4.78, 5) is 10.1. The molecule has 1 unspecified atom stereocenters. The van der Waals surface area contributed by atoms with E-state index in [0.717, 1.165) is 6.08 Å². The summed E-state index contributed by atoms with van der Waals surface area (Å²) >= 11 is 0. The molecule has 1 aromatic carbocycles. The molecule has 6 nitrogen and oxygen atoms in total. The minimum absolute atomic E-state index is 0.0582. The van der Waals surface area contributed by atoms with Gasteiger partial charge < -0.3 is 14.9 Å². The first-order valence-electron chi connectivity index (χ1n) is 4.94. The highest BCUT2D eigenvalue weighted by atomic mass is 32.2. The van der Waals surface area contributed by atoms with E-state index in [1.807, 2.05) is 0 Å². The van der Waals surface area contributed by atoms with Crippen LogP contribution in [0.1, 0.15) is 5.56 Å². The Bertz CT molecular complexity index is 643. The van der Waals surface area contributed by atoms with E-state index >= 15 is 0 Å². The number of ether oxygens (including phenoxy) is 1. The second-order valence-electron chi connectivity index (χ2n) is 3.66. The van der Waals surface area contributed by atoms with Crippen LogP contribution in [-0.4, -0.2) is 37.8 Å². The fourth-order valence-electron chi connectivity index (χ4n) is 1.77. The van der Waals surface area contributed by atoms with Gasteiger partial charge in [0.2, 0.25) is 9.84 Å². The summed E-state index contributed by atoms with van der Waals surface area (Å²) < 4.78 is 29.1. The lowest BCUT2D eigenvalue weighted by atomic mass is 10.1. The van der Waals surface area contributed by atoms with Gasteiger partial charge in [-0.05, 0) is 18.2 Å². The molecular formula is C11H10O6S. The summed E-state index contributed by atoms with van der Waals surface area (Å²) in [7, 11) is -2.60. The highest BCUT2D eigenvalue weighted by Crippen LogP contribution is 2.39. The Balaban J connectivity index is 2.66. The SMILES string of the molecule is COc1cccc2c1C=C(C(O)C(=O)O)S2(=O)=O. The predicted molar refractivity (Wildman–Crippen MR) is 61.8 cm³/mol. The van der Waals surface area contributed by atoms with Crippen molar-refractivity contribution in [2.24, 2.45) is 0 Å². The number of fused-ring (bicyclic) bond motifs is 1. The molecule has 18 heavy (non-hydrogen) atoms. The Kier molecular flexibility index (Phi) is 2.88. The molecule has 0 bridgehead atoms. The predicted octanol–water partition coefficient (Wildman–Crippen LogP) is 0.269. The molecule has 0 saturated heterocycles. The van der Waals surface area contributed by atoms with Crippen molar-refractivity contribution in [1.82, 2.24) is 0 Å². The highest BCUT2D eigenvalue weighted by Gasteiger charge is 2.38. The second-order valence-corrected chi connectivity index (χ2v) is 5.58. The Morgan fingerprint density at radius 3 is 2.61 bits per heavy atom. The van der Waals surface area contributed by atoms with Crippen molar-refractivity contribution >= 4 is 21.9 Å². The molecule has 7 heteroatoms. The summed E-state index contributed by atoms with van der Waals surface area (Å²) in [6.07, 6.45) is -0.949. The van der Waals surface area contributed by atoms with Gasteiger partial charge in [-0.15, -0.1) is 0 Å². The first-order chi connectivity index (χ1) is 8.39. The topological polar surface area (TPSA) is 101 Å². The summed E-state index contributed by atoms with van der Waals surface area (Å²) in [5.74, 6) is -1.31. The molecule has 1 aliphatic heterocycles. The van der Waals surface area contributed by atoms with Gasteiger partial charge in [0.1, 0.15) is 5.75 Å². The van der Waals surface area contributed by atoms with E-state index in [1.54, 1.807) is 6.07 Å². The molecule has 1 atom stereocenters. The van der Waals surface area contributed by atoms with Crippen molar-refractivity contribution in [2.75, 3.05) is 7.11 Å². The fraction of sp³-hybridized carbons (Fsp3) is 0.182. The summed E-state index contributed by atoms with van der Waals surface area (Å²) in [5, 5.41) is 18.1. The third-order valence-electron chi connectivity index (χ3n) is 2.64. The number of hydrogen-bond donors (Lipinski definition) is 2. The van der Waals surface area contributed by atoms with Crippen molar-refractivity contribution in [3.05, 3.63) is 28.7 Å². The average molecular weight is 270 g/mol. The molecule has 96 valence electrons. The summed E-state index contributed by atoms with van der Waals surface area (Å²) in [6.45, 7) is 0. The van der Waals surface area contributed by atoms with Gasteiger partial charge in [0.15, 0.2) is 6.10 Å². The number of methoxy groups -OCH3 is 1. The third-order valence-corrected chi connectivity index (χ3v) is 4.53. The van der Waals surface area contributed by atoms with Crippen molar-refractivity contribution < 1.29 is 28.2 Å². The first kappa shape index (κ1) is 12.6. The van der Waals surface area contributed by atoms with Crippen LogP contribution in [0.4, 0.5) is 0 Å². The number of rotatable bonds is 3. The maximum Gasteiger partial charge on any atom is 0.337 e. The Morgan fingerprint density at radius 2 is 2.06 bits per heavy atom. The zero-order chi connectivity index (χ0) is 13.5. The van der Waals surface area contributed by atoms with Gasteiger partial charge >= 0.3 is 5.97 Å². The van der Waals surface area contributed by atoms with Crippen molar-refractivity contribution in [1.29, 1.82) is 0 Å². The van der Waals surface area contributed by atoms with E-state index in [2.05, 4.69) is 0 Å². The average Bonchev–Trinajstić information content (AvgIpc) is 2.60. The lowest BCUT2D eigenvalue weighted by molar-refractivity contribution is -0.144. The number of sulfone groups is 1. The minimum Gasteiger partial charge on any atom is -0.496 e. The number of hydrogen-bond acceptors (Lipinski definition) is 5. The van der Waals surface area contributed by atoms with Crippen LogP contribution in [0, 0.1) is 0 Å². The smallest absolute Gasteiger partial charge is 0.337 e. The van der Waals surface area contributed by atoms with Gasteiger partial charge in [0.25, 0.3) is 0 Å². The van der Waals surface area contributed by atoms with Crippen molar-refractivity contribution in [2.45, 2.75) is 11.0 Å². The lowest BCUT2D eigenvalue weighted by Crippen LogP contribution is -2.25. The maximum atomic E-state index is 12.1. The molecule has 0 aliphatic carbocycles. The molecule has 0 radical (unpaired) electrons. The summed E-state index contributed by atoms with van der Waals surface area (Å²) in [6, 6.07) is 4.38. The molecule has 1 aliphatic rings. The van der Waals surface area contributed by atoms with Crippen molar-refractivity contribution in [3.63, 3.8) is 0 Å². The van der Waals surface area contributed by atoms with Crippen LogP contribution >= 0.6 is 0 Å². The third kappa shape index (κ3) is 1.68. The minimum atomic E-state index is -3.97. The van der Waals surface area contributed by atoms with Crippen LogP contribution in [0.5, 0.6) is 5.75 Å².